The second-order valence-electron chi connectivity index (χ2n) is 9.10. The van der Waals surface area contributed by atoms with Gasteiger partial charge in [-0.15, -0.1) is 0 Å². The third-order valence-electron chi connectivity index (χ3n) is 4.49. The van der Waals surface area contributed by atoms with Crippen LogP contribution in [0.1, 0.15) is 52.7 Å². The molecule has 0 aromatic heterocycles. The normalized spacial score (nSPS) is 12.9. The fraction of sp³-hybridized carbons (Fsp3) is 0.429. The third kappa shape index (κ3) is 5.51. The summed E-state index contributed by atoms with van der Waals surface area (Å²) >= 11 is 5.98. The van der Waals surface area contributed by atoms with E-state index in [4.69, 9.17) is 11.6 Å². The number of hydrogen-bond acceptors (Lipinski definition) is 3. The molecule has 3 N–H and O–H groups in total. The van der Waals surface area contributed by atoms with E-state index in [1.807, 2.05) is 41.5 Å². The van der Waals surface area contributed by atoms with Crippen LogP contribution in [0.2, 0.25) is 5.02 Å². The summed E-state index contributed by atoms with van der Waals surface area (Å²) in [6.45, 7) is 12.0. The number of benzene rings is 2. The summed E-state index contributed by atoms with van der Waals surface area (Å²) in [5.41, 5.74) is 1.96. The molecule has 0 amide bonds. The average Bonchev–Trinajstić information content (AvgIpc) is 2.51. The zero-order valence-corrected chi connectivity index (χ0v) is 18.8. The van der Waals surface area contributed by atoms with Gasteiger partial charge in [-0.2, -0.15) is 0 Å². The first kappa shape index (κ1) is 22.8. The molecule has 0 aliphatic carbocycles. The number of phenolic OH excluding ortho intramolecular Hbond substituents is 1. The van der Waals surface area contributed by atoms with Gasteiger partial charge in [-0.1, -0.05) is 53.1 Å². The van der Waals surface area contributed by atoms with E-state index >= 15 is 0 Å². The van der Waals surface area contributed by atoms with Gasteiger partial charge in [0, 0.05) is 27.5 Å². The van der Waals surface area contributed by atoms with Gasteiger partial charge in [0.05, 0.1) is 0 Å². The predicted molar refractivity (Wildman–Crippen MR) is 116 cm³/mol. The third-order valence-corrected chi connectivity index (χ3v) is 5.39. The van der Waals surface area contributed by atoms with Gasteiger partial charge in [-0.3, -0.25) is 4.57 Å². The highest BCUT2D eigenvalue weighted by molar-refractivity contribution is 7.51. The molecule has 0 saturated carbocycles. The molecule has 0 aliphatic rings. The Morgan fingerprint density at radius 3 is 1.68 bits per heavy atom. The van der Waals surface area contributed by atoms with Gasteiger partial charge in [0.1, 0.15) is 12.0 Å². The van der Waals surface area contributed by atoms with Crippen molar-refractivity contribution in [3.05, 3.63) is 52.5 Å². The molecule has 0 unspecified atom stereocenters. The van der Waals surface area contributed by atoms with Crippen molar-refractivity contribution in [1.82, 2.24) is 0 Å². The van der Waals surface area contributed by atoms with Gasteiger partial charge in [0.15, 0.2) is 0 Å². The molecule has 0 fully saturated rings. The van der Waals surface area contributed by atoms with E-state index in [2.05, 4.69) is 0 Å². The van der Waals surface area contributed by atoms with Crippen molar-refractivity contribution in [2.45, 2.75) is 52.4 Å². The van der Waals surface area contributed by atoms with E-state index in [1.54, 1.807) is 41.3 Å². The molecule has 2 rings (SSSR count). The van der Waals surface area contributed by atoms with Crippen molar-refractivity contribution in [3.8, 4) is 5.75 Å². The Labute approximate surface area is 172 Å². The van der Waals surface area contributed by atoms with Crippen LogP contribution in [0.15, 0.2) is 36.4 Å². The van der Waals surface area contributed by atoms with Crippen molar-refractivity contribution in [3.63, 3.8) is 0 Å². The van der Waals surface area contributed by atoms with E-state index in [0.29, 0.717) is 16.4 Å². The molecule has 0 bridgehead atoms. The maximum Gasteiger partial charge on any atom is 0.345 e. The summed E-state index contributed by atoms with van der Waals surface area (Å²) in [7, 11) is -4.36. The number of rotatable bonds is 4. The molecule has 0 radical (unpaired) electrons. The van der Waals surface area contributed by atoms with E-state index in [0.717, 1.165) is 11.1 Å². The van der Waals surface area contributed by atoms with E-state index in [-0.39, 0.29) is 16.6 Å². The number of halogens is 1. The Balaban J connectivity index is 2.78. The highest BCUT2D eigenvalue weighted by Gasteiger charge is 2.29. The molecule has 0 atom stereocenters. The zero-order chi connectivity index (χ0) is 21.5. The second kappa shape index (κ2) is 7.72. The molecule has 7 heteroatoms. The van der Waals surface area contributed by atoms with E-state index < -0.39 is 13.9 Å². The van der Waals surface area contributed by atoms with Crippen molar-refractivity contribution < 1.29 is 19.5 Å². The SMILES string of the molecule is CC(C)(C)c1cc(N(CP(=O)(O)O)c2ccc(Cl)cc2)cc(C(C)(C)C)c1O. The van der Waals surface area contributed by atoms with Crippen LogP contribution in [-0.2, 0) is 15.4 Å². The fourth-order valence-corrected chi connectivity index (χ4v) is 3.86. The second-order valence-corrected chi connectivity index (χ2v) is 11.1. The largest absolute Gasteiger partial charge is 0.507 e. The molecular formula is C21H29ClNO4P. The summed E-state index contributed by atoms with van der Waals surface area (Å²) < 4.78 is 11.9. The quantitative estimate of drug-likeness (QED) is 0.530. The van der Waals surface area contributed by atoms with Crippen LogP contribution >= 0.6 is 19.2 Å². The summed E-state index contributed by atoms with van der Waals surface area (Å²) in [6, 6.07) is 10.4. The van der Waals surface area contributed by atoms with E-state index in [1.165, 1.54) is 0 Å². The van der Waals surface area contributed by atoms with Gasteiger partial charge >= 0.3 is 7.60 Å². The molecule has 2 aromatic rings. The lowest BCUT2D eigenvalue weighted by Gasteiger charge is -2.32. The van der Waals surface area contributed by atoms with Gasteiger partial charge in [-0.05, 0) is 47.2 Å². The Bertz CT molecular complexity index is 857. The lowest BCUT2D eigenvalue weighted by molar-refractivity contribution is 0.373. The molecular weight excluding hydrogens is 397 g/mol. The lowest BCUT2D eigenvalue weighted by Crippen LogP contribution is -2.22. The van der Waals surface area contributed by atoms with Crippen molar-refractivity contribution in [1.29, 1.82) is 0 Å². The minimum Gasteiger partial charge on any atom is -0.507 e. The monoisotopic (exact) mass is 425 g/mol. The Morgan fingerprint density at radius 2 is 1.32 bits per heavy atom. The zero-order valence-electron chi connectivity index (χ0n) is 17.2. The first-order valence-electron chi connectivity index (χ1n) is 9.05. The first-order chi connectivity index (χ1) is 12.6. The summed E-state index contributed by atoms with van der Waals surface area (Å²) in [4.78, 5) is 20.9. The standard InChI is InChI=1S/C21H29ClNO4P/c1-20(2,3)17-11-16(12-18(19(17)24)21(4,5)6)23(13-28(25,26)27)15-9-7-14(22)8-10-15/h7-12,24H,13H2,1-6H3,(H2,25,26,27). The van der Waals surface area contributed by atoms with Crippen molar-refractivity contribution >= 4 is 30.6 Å². The smallest absolute Gasteiger partial charge is 0.345 e. The van der Waals surface area contributed by atoms with Gasteiger partial charge in [-0.25, -0.2) is 0 Å². The van der Waals surface area contributed by atoms with Crippen LogP contribution in [0.25, 0.3) is 0 Å². The van der Waals surface area contributed by atoms with Crippen LogP contribution in [0.5, 0.6) is 5.75 Å². The number of phenols is 1. The summed E-state index contributed by atoms with van der Waals surface area (Å²) in [5.74, 6) is 0.219. The number of hydrogen-bond donors (Lipinski definition) is 3. The number of anilines is 2. The lowest BCUT2D eigenvalue weighted by atomic mass is 9.79. The summed E-state index contributed by atoms with van der Waals surface area (Å²) in [5, 5.41) is 11.5. The maximum absolute atomic E-state index is 11.9. The van der Waals surface area contributed by atoms with Gasteiger partial charge < -0.3 is 19.8 Å². The van der Waals surface area contributed by atoms with Crippen LogP contribution < -0.4 is 4.90 Å². The molecule has 0 aliphatic heterocycles. The van der Waals surface area contributed by atoms with Crippen molar-refractivity contribution in [2.24, 2.45) is 0 Å². The highest BCUT2D eigenvalue weighted by Crippen LogP contribution is 2.46. The van der Waals surface area contributed by atoms with Crippen LogP contribution in [-0.4, -0.2) is 21.2 Å². The topological polar surface area (TPSA) is 81.0 Å². The molecule has 5 nitrogen and oxygen atoms in total. The van der Waals surface area contributed by atoms with Gasteiger partial charge in [0.25, 0.3) is 0 Å². The molecule has 0 spiro atoms. The Hall–Kier alpha value is -1.52. The number of aromatic hydroxyl groups is 1. The molecule has 0 heterocycles. The van der Waals surface area contributed by atoms with Crippen LogP contribution in [0, 0.1) is 0 Å². The van der Waals surface area contributed by atoms with E-state index in [9.17, 15) is 19.5 Å². The highest BCUT2D eigenvalue weighted by atomic mass is 35.5. The van der Waals surface area contributed by atoms with Crippen LogP contribution in [0.3, 0.4) is 0 Å². The Morgan fingerprint density at radius 1 is 0.893 bits per heavy atom. The fourth-order valence-electron chi connectivity index (χ4n) is 3.04. The average molecular weight is 426 g/mol. The van der Waals surface area contributed by atoms with Crippen molar-refractivity contribution in [2.75, 3.05) is 11.2 Å². The first-order valence-corrected chi connectivity index (χ1v) is 11.2. The minimum atomic E-state index is -4.36. The van der Waals surface area contributed by atoms with Gasteiger partial charge in [0.2, 0.25) is 0 Å². The minimum absolute atomic E-state index is 0.219. The molecule has 0 saturated heterocycles. The number of nitrogens with zero attached hydrogens (tertiary/aromatic N) is 1. The maximum atomic E-state index is 11.9. The summed E-state index contributed by atoms with van der Waals surface area (Å²) in [6.07, 6.45) is -0.480. The molecule has 2 aromatic carbocycles. The molecule has 28 heavy (non-hydrogen) atoms. The Kier molecular flexibility index (Phi) is 6.28. The molecule has 154 valence electrons. The van der Waals surface area contributed by atoms with Crippen LogP contribution in [0.4, 0.5) is 11.4 Å². The predicted octanol–water partition coefficient (Wildman–Crippen LogP) is 5.91.